The third-order valence-electron chi connectivity index (χ3n) is 6.09. The molecule has 0 bridgehead atoms. The van der Waals surface area contributed by atoms with Gasteiger partial charge in [0.15, 0.2) is 11.4 Å². The van der Waals surface area contributed by atoms with Crippen molar-refractivity contribution in [2.75, 3.05) is 18.7 Å². The van der Waals surface area contributed by atoms with Gasteiger partial charge in [0.05, 0.1) is 20.4 Å². The molecule has 6 rings (SSSR count). The molecule has 0 radical (unpaired) electrons. The van der Waals surface area contributed by atoms with Gasteiger partial charge in [0.2, 0.25) is 17.7 Å². The first-order valence-corrected chi connectivity index (χ1v) is 12.1. The molecule has 13 heteroatoms. The molecule has 3 aromatic heterocycles. The van der Waals surface area contributed by atoms with E-state index in [0.717, 1.165) is 5.56 Å². The van der Waals surface area contributed by atoms with Crippen LogP contribution in [0, 0.1) is 0 Å². The fraction of sp³-hybridized carbons (Fsp3) is 0.192. The Balaban J connectivity index is 1.14. The van der Waals surface area contributed by atoms with E-state index < -0.39 is 6.09 Å². The number of anilines is 1. The summed E-state index contributed by atoms with van der Waals surface area (Å²) in [5.74, 6) is 0.827. The number of aryl methyl sites for hydroxylation is 1. The van der Waals surface area contributed by atoms with E-state index >= 15 is 0 Å². The van der Waals surface area contributed by atoms with Crippen LogP contribution in [0.5, 0.6) is 5.88 Å². The Morgan fingerprint density at radius 1 is 1.08 bits per heavy atom. The van der Waals surface area contributed by atoms with Crippen molar-refractivity contribution in [1.29, 1.82) is 0 Å². The van der Waals surface area contributed by atoms with Gasteiger partial charge < -0.3 is 14.5 Å². The number of ether oxygens (including phenoxy) is 1. The molecule has 1 atom stereocenters. The van der Waals surface area contributed by atoms with Gasteiger partial charge in [-0.1, -0.05) is 30.3 Å². The minimum atomic E-state index is -0.535. The van der Waals surface area contributed by atoms with Crippen LogP contribution in [0.2, 0.25) is 0 Å². The highest BCUT2D eigenvalue weighted by molar-refractivity contribution is 5.91. The van der Waals surface area contributed by atoms with E-state index in [0.29, 0.717) is 47.4 Å². The highest BCUT2D eigenvalue weighted by Gasteiger charge is 2.38. The SMILES string of the molecule is CC(=O)Nc1ccc2oc(-c3ccnc(OC(=O)N4CN(C(c5ccccc5)c5nnn(C)n5)C4)c3)nc2c1. The Kier molecular flexibility index (Phi) is 6.17. The maximum absolute atomic E-state index is 12.9. The number of amides is 2. The zero-order valence-electron chi connectivity index (χ0n) is 21.1. The van der Waals surface area contributed by atoms with Gasteiger partial charge >= 0.3 is 6.09 Å². The van der Waals surface area contributed by atoms with Crippen molar-refractivity contribution in [2.24, 2.45) is 7.05 Å². The van der Waals surface area contributed by atoms with Crippen LogP contribution >= 0.6 is 0 Å². The number of fused-ring (bicyclic) bond motifs is 1. The van der Waals surface area contributed by atoms with Crippen LogP contribution in [-0.2, 0) is 11.8 Å². The van der Waals surface area contributed by atoms with Gasteiger partial charge in [-0.05, 0) is 35.0 Å². The predicted molar refractivity (Wildman–Crippen MR) is 138 cm³/mol. The number of oxazole rings is 1. The minimum absolute atomic E-state index is 0.118. The standard InChI is InChI=1S/C26H23N9O4/c1-16(36)28-19-8-9-21-20(13-19)29-25(38-21)18-10-11-27-22(12-18)39-26(37)35-14-34(15-35)23(17-6-4-3-5-7-17)24-30-32-33(2)31-24/h3-13,23H,14-15H2,1-2H3,(H,28,36). The maximum Gasteiger partial charge on any atom is 0.418 e. The number of carbonyl (C=O) groups excluding carboxylic acids is 2. The lowest BCUT2D eigenvalue weighted by atomic mass is 10.0. The molecule has 1 N–H and O–H groups in total. The van der Waals surface area contributed by atoms with E-state index in [-0.39, 0.29) is 17.8 Å². The Bertz CT molecular complexity index is 1660. The Morgan fingerprint density at radius 2 is 1.90 bits per heavy atom. The van der Waals surface area contributed by atoms with Crippen LogP contribution in [0.25, 0.3) is 22.6 Å². The van der Waals surface area contributed by atoms with Crippen molar-refractivity contribution in [3.05, 3.63) is 78.2 Å². The van der Waals surface area contributed by atoms with Crippen molar-refractivity contribution in [2.45, 2.75) is 13.0 Å². The zero-order chi connectivity index (χ0) is 26.9. The number of benzene rings is 2. The van der Waals surface area contributed by atoms with Crippen LogP contribution in [0.15, 0.2) is 71.3 Å². The fourth-order valence-electron chi connectivity index (χ4n) is 4.33. The highest BCUT2D eigenvalue weighted by Crippen LogP contribution is 2.31. The molecule has 39 heavy (non-hydrogen) atoms. The van der Waals surface area contributed by atoms with Crippen molar-refractivity contribution < 1.29 is 18.7 Å². The second-order valence-electron chi connectivity index (χ2n) is 9.00. The minimum Gasteiger partial charge on any atom is -0.436 e. The van der Waals surface area contributed by atoms with Gasteiger partial charge in [-0.25, -0.2) is 14.8 Å². The summed E-state index contributed by atoms with van der Waals surface area (Å²) in [5, 5.41) is 15.2. The van der Waals surface area contributed by atoms with Gasteiger partial charge in [-0.15, -0.1) is 10.2 Å². The second-order valence-corrected chi connectivity index (χ2v) is 9.00. The molecule has 2 aromatic carbocycles. The summed E-state index contributed by atoms with van der Waals surface area (Å²) in [7, 11) is 1.71. The molecule has 1 aliphatic rings. The average Bonchev–Trinajstić information content (AvgIpc) is 3.52. The average molecular weight is 526 g/mol. The third-order valence-corrected chi connectivity index (χ3v) is 6.09. The number of aromatic nitrogens is 6. The predicted octanol–water partition coefficient (Wildman–Crippen LogP) is 3.19. The number of pyridine rings is 1. The van der Waals surface area contributed by atoms with Crippen LogP contribution in [0.1, 0.15) is 24.4 Å². The van der Waals surface area contributed by atoms with E-state index in [1.165, 1.54) is 17.9 Å². The molecule has 5 aromatic rings. The topological polar surface area (TPSA) is 144 Å². The van der Waals surface area contributed by atoms with E-state index in [1.807, 2.05) is 35.2 Å². The Hall–Kier alpha value is -5.17. The normalized spacial score (nSPS) is 14.2. The molecule has 4 heterocycles. The molecule has 0 spiro atoms. The third kappa shape index (κ3) is 5.02. The molecule has 1 unspecified atom stereocenters. The monoisotopic (exact) mass is 525 g/mol. The molecule has 2 amide bonds. The molecular weight excluding hydrogens is 502 g/mol. The number of rotatable bonds is 6. The van der Waals surface area contributed by atoms with Crippen molar-refractivity contribution in [3.63, 3.8) is 0 Å². The van der Waals surface area contributed by atoms with Gasteiger partial charge in [-0.3, -0.25) is 14.6 Å². The summed E-state index contributed by atoms with van der Waals surface area (Å²) in [6.07, 6.45) is 0.982. The lowest BCUT2D eigenvalue weighted by molar-refractivity contribution is -0.114. The first kappa shape index (κ1) is 24.2. The Labute approximate surface area is 222 Å². The lowest BCUT2D eigenvalue weighted by Gasteiger charge is -2.44. The molecule has 196 valence electrons. The van der Waals surface area contributed by atoms with E-state index in [9.17, 15) is 9.59 Å². The summed E-state index contributed by atoms with van der Waals surface area (Å²) >= 11 is 0. The number of tetrazole rings is 1. The van der Waals surface area contributed by atoms with Crippen LogP contribution < -0.4 is 10.1 Å². The van der Waals surface area contributed by atoms with Crippen LogP contribution in [0.4, 0.5) is 10.5 Å². The van der Waals surface area contributed by atoms with E-state index in [4.69, 9.17) is 9.15 Å². The van der Waals surface area contributed by atoms with Crippen molar-refractivity contribution in [1.82, 2.24) is 40.0 Å². The molecule has 1 aliphatic heterocycles. The fourth-order valence-corrected chi connectivity index (χ4v) is 4.33. The second kappa shape index (κ2) is 9.95. The number of hydrogen-bond donors (Lipinski definition) is 1. The highest BCUT2D eigenvalue weighted by atomic mass is 16.6. The molecule has 1 saturated heterocycles. The number of nitrogens with zero attached hydrogens (tertiary/aromatic N) is 8. The maximum atomic E-state index is 12.9. The van der Waals surface area contributed by atoms with E-state index in [1.54, 1.807) is 42.3 Å². The van der Waals surface area contributed by atoms with Crippen LogP contribution in [-0.4, -0.2) is 65.3 Å². The number of nitrogens with one attached hydrogen (secondary N) is 1. The molecule has 13 nitrogen and oxygen atoms in total. The summed E-state index contributed by atoms with van der Waals surface area (Å²) in [5.41, 5.74) is 3.34. The molecule has 0 saturated carbocycles. The molecular formula is C26H23N9O4. The number of carbonyl (C=O) groups is 2. The Morgan fingerprint density at radius 3 is 2.64 bits per heavy atom. The first-order valence-electron chi connectivity index (χ1n) is 12.1. The van der Waals surface area contributed by atoms with Gasteiger partial charge in [0.1, 0.15) is 11.6 Å². The molecule has 0 aliphatic carbocycles. The summed E-state index contributed by atoms with van der Waals surface area (Å²) in [6, 6.07) is 18.0. The van der Waals surface area contributed by atoms with Gasteiger partial charge in [0, 0.05) is 30.4 Å². The quantitative estimate of drug-likeness (QED) is 0.351. The van der Waals surface area contributed by atoms with Crippen LogP contribution in [0.3, 0.4) is 0 Å². The zero-order valence-corrected chi connectivity index (χ0v) is 21.1. The van der Waals surface area contributed by atoms with E-state index in [2.05, 4.69) is 30.7 Å². The summed E-state index contributed by atoms with van der Waals surface area (Å²) in [4.78, 5) is 37.9. The molecule has 1 fully saturated rings. The lowest BCUT2D eigenvalue weighted by Crippen LogP contribution is -2.59. The summed E-state index contributed by atoms with van der Waals surface area (Å²) < 4.78 is 11.4. The van der Waals surface area contributed by atoms with Crippen molar-refractivity contribution in [3.8, 4) is 17.3 Å². The first-order chi connectivity index (χ1) is 18.9. The van der Waals surface area contributed by atoms with Gasteiger partial charge in [-0.2, -0.15) is 4.80 Å². The van der Waals surface area contributed by atoms with Gasteiger partial charge in [0.25, 0.3) is 0 Å². The summed E-state index contributed by atoms with van der Waals surface area (Å²) in [6.45, 7) is 2.07. The largest absolute Gasteiger partial charge is 0.436 e. The smallest absolute Gasteiger partial charge is 0.418 e. The van der Waals surface area contributed by atoms with Crippen molar-refractivity contribution >= 4 is 28.8 Å². The number of hydrogen-bond acceptors (Lipinski definition) is 10.